The maximum Gasteiger partial charge on any atom is 0.356 e. The van der Waals surface area contributed by atoms with Crippen LogP contribution in [0.15, 0.2) is 54.6 Å². The molecule has 0 unspecified atom stereocenters. The summed E-state index contributed by atoms with van der Waals surface area (Å²) >= 11 is 5.87. The van der Waals surface area contributed by atoms with Gasteiger partial charge >= 0.3 is 5.97 Å². The fourth-order valence-electron chi connectivity index (χ4n) is 3.77. The zero-order valence-corrected chi connectivity index (χ0v) is 18.5. The third kappa shape index (κ3) is 4.47. The first kappa shape index (κ1) is 22.2. The molecular formula is C25H18ClFN4O2. The number of carbonyl (C=O) groups is 1. The predicted octanol–water partition coefficient (Wildman–Crippen LogP) is 6.14. The number of pyridine rings is 2. The quantitative estimate of drug-likeness (QED) is 0.347. The van der Waals surface area contributed by atoms with Crippen LogP contribution in [0.3, 0.4) is 0 Å². The lowest BCUT2D eigenvalue weighted by Crippen LogP contribution is -2.13. The Labute approximate surface area is 194 Å². The van der Waals surface area contributed by atoms with Crippen molar-refractivity contribution in [2.24, 2.45) is 0 Å². The van der Waals surface area contributed by atoms with E-state index in [0.717, 1.165) is 16.5 Å². The summed E-state index contributed by atoms with van der Waals surface area (Å²) in [5.41, 5.74) is 4.07. The van der Waals surface area contributed by atoms with Crippen molar-refractivity contribution in [2.45, 2.75) is 19.9 Å². The fourth-order valence-corrected chi connectivity index (χ4v) is 3.92. The van der Waals surface area contributed by atoms with E-state index in [0.29, 0.717) is 22.3 Å². The Hall–Kier alpha value is -4.02. The van der Waals surface area contributed by atoms with Crippen LogP contribution in [0.25, 0.3) is 22.0 Å². The molecule has 6 nitrogen and oxygen atoms in total. The number of anilines is 1. The summed E-state index contributed by atoms with van der Waals surface area (Å²) in [6, 6.07) is 16.5. The van der Waals surface area contributed by atoms with E-state index < -0.39 is 5.97 Å². The summed E-state index contributed by atoms with van der Waals surface area (Å²) in [5.74, 6) is -1.56. The second-order valence-corrected chi connectivity index (χ2v) is 8.01. The first-order valence-electron chi connectivity index (χ1n) is 10.0. The molecule has 0 radical (unpaired) electrons. The number of nitrogens with one attached hydrogen (secondary N) is 1. The number of benzene rings is 2. The number of nitriles is 1. The molecule has 164 valence electrons. The molecule has 0 saturated carbocycles. The molecule has 0 saturated heterocycles. The van der Waals surface area contributed by atoms with E-state index in [4.69, 9.17) is 11.6 Å². The molecule has 0 amide bonds. The molecule has 0 fully saturated rings. The number of aromatic nitrogens is 2. The number of aromatic carboxylic acids is 1. The topological polar surface area (TPSA) is 98.9 Å². The van der Waals surface area contributed by atoms with E-state index in [-0.39, 0.29) is 28.4 Å². The summed E-state index contributed by atoms with van der Waals surface area (Å²) in [7, 11) is 0. The van der Waals surface area contributed by atoms with Crippen LogP contribution in [-0.4, -0.2) is 21.0 Å². The molecule has 0 spiro atoms. The van der Waals surface area contributed by atoms with Gasteiger partial charge in [0.25, 0.3) is 0 Å². The highest BCUT2D eigenvalue weighted by atomic mass is 35.5. The Bertz CT molecular complexity index is 1430. The molecule has 0 aliphatic rings. The maximum atomic E-state index is 13.4. The molecular weight excluding hydrogens is 443 g/mol. The highest BCUT2D eigenvalue weighted by Gasteiger charge is 2.19. The number of hydrogen-bond acceptors (Lipinski definition) is 5. The van der Waals surface area contributed by atoms with Crippen molar-refractivity contribution in [2.75, 3.05) is 5.32 Å². The first-order chi connectivity index (χ1) is 15.8. The summed E-state index contributed by atoms with van der Waals surface area (Å²) in [6.45, 7) is 3.81. The minimum absolute atomic E-state index is 0.0868. The number of halogens is 2. The van der Waals surface area contributed by atoms with E-state index in [1.165, 1.54) is 18.2 Å². The number of aryl methyl sites for hydroxylation is 1. The van der Waals surface area contributed by atoms with Crippen molar-refractivity contribution >= 4 is 34.2 Å². The van der Waals surface area contributed by atoms with Gasteiger partial charge in [0.1, 0.15) is 22.7 Å². The van der Waals surface area contributed by atoms with Crippen LogP contribution < -0.4 is 5.32 Å². The molecule has 4 aromatic rings. The summed E-state index contributed by atoms with van der Waals surface area (Å²) < 4.78 is 13.4. The van der Waals surface area contributed by atoms with Crippen molar-refractivity contribution in [3.05, 3.63) is 88.1 Å². The molecule has 33 heavy (non-hydrogen) atoms. The fraction of sp³-hybridized carbons (Fsp3) is 0.120. The van der Waals surface area contributed by atoms with Crippen LogP contribution in [0.4, 0.5) is 10.1 Å². The van der Waals surface area contributed by atoms with E-state index >= 15 is 0 Å². The van der Waals surface area contributed by atoms with E-state index in [2.05, 4.69) is 21.4 Å². The highest BCUT2D eigenvalue weighted by molar-refractivity contribution is 6.29. The Morgan fingerprint density at radius 3 is 2.55 bits per heavy atom. The van der Waals surface area contributed by atoms with Gasteiger partial charge in [-0.3, -0.25) is 0 Å². The zero-order valence-electron chi connectivity index (χ0n) is 17.7. The summed E-state index contributed by atoms with van der Waals surface area (Å²) in [5, 5.41) is 23.3. The van der Waals surface area contributed by atoms with Gasteiger partial charge in [0.2, 0.25) is 0 Å². The summed E-state index contributed by atoms with van der Waals surface area (Å²) in [6.07, 6.45) is 0. The molecule has 0 aliphatic heterocycles. The summed E-state index contributed by atoms with van der Waals surface area (Å²) in [4.78, 5) is 20.1. The maximum absolute atomic E-state index is 13.4. The van der Waals surface area contributed by atoms with Crippen molar-refractivity contribution in [3.8, 4) is 17.2 Å². The lowest BCUT2D eigenvalue weighted by Gasteiger charge is -2.20. The average Bonchev–Trinajstić information content (AvgIpc) is 2.79. The molecule has 2 aromatic heterocycles. The Morgan fingerprint density at radius 1 is 1.15 bits per heavy atom. The Balaban J connectivity index is 1.85. The zero-order chi connectivity index (χ0) is 23.7. The van der Waals surface area contributed by atoms with Crippen molar-refractivity contribution in [3.63, 3.8) is 0 Å². The van der Waals surface area contributed by atoms with Crippen LogP contribution in [0.1, 0.15) is 40.3 Å². The molecule has 4 rings (SSSR count). The van der Waals surface area contributed by atoms with Gasteiger partial charge in [0.15, 0.2) is 5.69 Å². The van der Waals surface area contributed by atoms with E-state index in [9.17, 15) is 19.6 Å². The molecule has 2 aromatic carbocycles. The second kappa shape index (κ2) is 8.85. The third-order valence-electron chi connectivity index (χ3n) is 5.27. The average molecular weight is 461 g/mol. The molecule has 8 heteroatoms. The van der Waals surface area contributed by atoms with Gasteiger partial charge in [-0.1, -0.05) is 29.8 Å². The van der Waals surface area contributed by atoms with Crippen LogP contribution in [0, 0.1) is 24.1 Å². The van der Waals surface area contributed by atoms with Gasteiger partial charge in [-0.25, -0.2) is 19.2 Å². The molecule has 2 N–H and O–H groups in total. The number of carboxylic acid groups (broad SMARTS) is 1. The third-order valence-corrected chi connectivity index (χ3v) is 5.48. The predicted molar refractivity (Wildman–Crippen MR) is 125 cm³/mol. The highest BCUT2D eigenvalue weighted by Crippen LogP contribution is 2.33. The number of fused-ring (bicyclic) bond motifs is 1. The van der Waals surface area contributed by atoms with E-state index in [1.807, 2.05) is 32.0 Å². The lowest BCUT2D eigenvalue weighted by atomic mass is 9.95. The number of nitrogens with zero attached hydrogens (tertiary/aromatic N) is 3. The smallest absolute Gasteiger partial charge is 0.356 e. The van der Waals surface area contributed by atoms with Crippen LogP contribution in [0.2, 0.25) is 5.15 Å². The van der Waals surface area contributed by atoms with Gasteiger partial charge in [-0.15, -0.1) is 0 Å². The van der Waals surface area contributed by atoms with Crippen molar-refractivity contribution < 1.29 is 14.3 Å². The number of hydrogen-bond donors (Lipinski definition) is 2. The van der Waals surface area contributed by atoms with Gasteiger partial charge in [-0.2, -0.15) is 5.26 Å². The van der Waals surface area contributed by atoms with Gasteiger partial charge in [0.05, 0.1) is 11.2 Å². The van der Waals surface area contributed by atoms with Crippen molar-refractivity contribution in [1.82, 2.24) is 9.97 Å². The molecule has 1 atom stereocenters. The van der Waals surface area contributed by atoms with Crippen molar-refractivity contribution in [1.29, 1.82) is 5.26 Å². The molecule has 0 aliphatic carbocycles. The standard InChI is InChI=1S/C25H18ClFN4O2/c1-13-9-17(14(2)29-20-7-8-23(26)31-24(20)25(32)33)19-11-18(15-3-5-16(27)6-4-15)22(12-28)30-21(19)10-13/h3-11,14,29H,1-2H3,(H,32,33)/t14-/m1/s1. The minimum atomic E-state index is -1.19. The molecule has 0 bridgehead atoms. The molecule has 2 heterocycles. The second-order valence-electron chi connectivity index (χ2n) is 7.63. The number of carboxylic acids is 1. The minimum Gasteiger partial charge on any atom is -0.476 e. The van der Waals surface area contributed by atoms with Gasteiger partial charge in [-0.05, 0) is 66.9 Å². The van der Waals surface area contributed by atoms with Crippen LogP contribution >= 0.6 is 11.6 Å². The largest absolute Gasteiger partial charge is 0.476 e. The first-order valence-corrected chi connectivity index (χ1v) is 10.4. The lowest BCUT2D eigenvalue weighted by molar-refractivity contribution is 0.0691. The van der Waals surface area contributed by atoms with Crippen LogP contribution in [0.5, 0.6) is 0 Å². The Morgan fingerprint density at radius 2 is 1.88 bits per heavy atom. The number of rotatable bonds is 5. The van der Waals surface area contributed by atoms with Crippen LogP contribution in [-0.2, 0) is 0 Å². The van der Waals surface area contributed by atoms with Gasteiger partial charge in [0, 0.05) is 17.0 Å². The van der Waals surface area contributed by atoms with E-state index in [1.54, 1.807) is 18.2 Å². The normalized spacial score (nSPS) is 11.7. The Kier molecular flexibility index (Phi) is 5.95. The van der Waals surface area contributed by atoms with Gasteiger partial charge < -0.3 is 10.4 Å². The SMILES string of the molecule is Cc1cc([C@@H](C)Nc2ccc(Cl)nc2C(=O)O)c2cc(-c3ccc(F)cc3)c(C#N)nc2c1. The monoisotopic (exact) mass is 460 g/mol.